The summed E-state index contributed by atoms with van der Waals surface area (Å²) < 4.78 is 28.9. The Kier molecular flexibility index (Phi) is 4.90. The molecular weight excluding hydrogens is 381 g/mol. The lowest BCUT2D eigenvalue weighted by Gasteiger charge is -2.54. The molecule has 4 heterocycles. The van der Waals surface area contributed by atoms with Crippen LogP contribution in [0.25, 0.3) is 0 Å². The number of imidazole rings is 1. The molecule has 0 saturated carbocycles. The summed E-state index contributed by atoms with van der Waals surface area (Å²) in [6.07, 6.45) is 7.22. The molecule has 30 heavy (non-hydrogen) atoms. The molecule has 1 aromatic carbocycles. The van der Waals surface area contributed by atoms with Crippen molar-refractivity contribution in [3.05, 3.63) is 47.8 Å². The number of nitrogens with zero attached hydrogens (tertiary/aromatic N) is 3. The van der Waals surface area contributed by atoms with Crippen molar-refractivity contribution >= 4 is 0 Å². The quantitative estimate of drug-likeness (QED) is 0.750. The van der Waals surface area contributed by atoms with E-state index in [9.17, 15) is 4.39 Å². The molecule has 1 aromatic heterocycles. The van der Waals surface area contributed by atoms with E-state index in [-0.39, 0.29) is 28.9 Å². The van der Waals surface area contributed by atoms with Gasteiger partial charge in [-0.15, -0.1) is 0 Å². The number of benzene rings is 1. The largest absolute Gasteiger partial charge is 0.487 e. The molecule has 5 nitrogen and oxygen atoms in total. The Balaban J connectivity index is 1.26. The summed E-state index contributed by atoms with van der Waals surface area (Å²) in [7, 11) is 0. The maximum Gasteiger partial charge on any atom is 0.126 e. The molecule has 0 aliphatic carbocycles. The molecule has 0 bridgehead atoms. The standard InChI is InChI=1S/C24H32FN3O2/c1-17-26-8-11-28(17)13-12-27-9-6-24(7-10-27)15-20-22(29-16-24)19-14-18(25)4-5-21(19)30-23(20,2)3/h4-5,8,11,14,20,22H,6-7,9-10,12-13,15-16H2,1-3H3. The average Bonchev–Trinajstić information content (AvgIpc) is 3.13. The van der Waals surface area contributed by atoms with E-state index >= 15 is 0 Å². The first-order valence-corrected chi connectivity index (χ1v) is 11.2. The number of piperidine rings is 1. The highest BCUT2D eigenvalue weighted by molar-refractivity contribution is 5.39. The van der Waals surface area contributed by atoms with Crippen LogP contribution in [0.4, 0.5) is 4.39 Å². The van der Waals surface area contributed by atoms with E-state index < -0.39 is 0 Å². The monoisotopic (exact) mass is 413 g/mol. The van der Waals surface area contributed by atoms with Crippen LogP contribution in [0.1, 0.15) is 50.6 Å². The Labute approximate surface area is 178 Å². The first-order valence-electron chi connectivity index (χ1n) is 11.2. The number of ether oxygens (including phenoxy) is 2. The summed E-state index contributed by atoms with van der Waals surface area (Å²) in [6.45, 7) is 11.4. The molecule has 0 N–H and O–H groups in total. The number of hydrogen-bond acceptors (Lipinski definition) is 4. The lowest BCUT2D eigenvalue weighted by atomic mass is 9.64. The zero-order valence-electron chi connectivity index (χ0n) is 18.2. The number of hydrogen-bond donors (Lipinski definition) is 0. The summed E-state index contributed by atoms with van der Waals surface area (Å²) in [6, 6.07) is 4.82. The zero-order valence-corrected chi connectivity index (χ0v) is 18.2. The molecule has 162 valence electrons. The predicted octanol–water partition coefficient (Wildman–Crippen LogP) is 4.36. The van der Waals surface area contributed by atoms with Gasteiger partial charge in [0.15, 0.2) is 0 Å². The van der Waals surface area contributed by atoms with Crippen LogP contribution in [0.5, 0.6) is 5.75 Å². The Hall–Kier alpha value is -1.92. The highest BCUT2D eigenvalue weighted by atomic mass is 19.1. The first-order chi connectivity index (χ1) is 14.4. The third-order valence-corrected chi connectivity index (χ3v) is 7.63. The molecule has 2 unspecified atom stereocenters. The van der Waals surface area contributed by atoms with Crippen LogP contribution in [0.15, 0.2) is 30.6 Å². The molecule has 2 saturated heterocycles. The van der Waals surface area contributed by atoms with Gasteiger partial charge in [-0.05, 0) is 76.7 Å². The van der Waals surface area contributed by atoms with Crippen molar-refractivity contribution in [1.29, 1.82) is 0 Å². The summed E-state index contributed by atoms with van der Waals surface area (Å²) in [5, 5.41) is 0. The maximum absolute atomic E-state index is 13.9. The molecule has 0 amide bonds. The van der Waals surface area contributed by atoms with E-state index in [1.807, 2.05) is 6.20 Å². The Morgan fingerprint density at radius 3 is 2.73 bits per heavy atom. The summed E-state index contributed by atoms with van der Waals surface area (Å²) in [4.78, 5) is 6.87. The van der Waals surface area contributed by atoms with Gasteiger partial charge in [0.1, 0.15) is 23.0 Å². The van der Waals surface area contributed by atoms with Crippen LogP contribution in [0.3, 0.4) is 0 Å². The van der Waals surface area contributed by atoms with E-state index in [0.717, 1.165) is 69.2 Å². The molecule has 2 aromatic rings. The van der Waals surface area contributed by atoms with Crippen LogP contribution >= 0.6 is 0 Å². The lowest BCUT2D eigenvalue weighted by molar-refractivity contribution is -0.174. The van der Waals surface area contributed by atoms with Gasteiger partial charge >= 0.3 is 0 Å². The van der Waals surface area contributed by atoms with Crippen molar-refractivity contribution < 1.29 is 13.9 Å². The van der Waals surface area contributed by atoms with Crippen LogP contribution in [0.2, 0.25) is 0 Å². The minimum atomic E-state index is -0.320. The second-order valence-electron chi connectivity index (χ2n) is 9.94. The number of aryl methyl sites for hydroxylation is 1. The van der Waals surface area contributed by atoms with Crippen molar-refractivity contribution in [3.63, 3.8) is 0 Å². The molecule has 3 aliphatic heterocycles. The average molecular weight is 414 g/mol. The summed E-state index contributed by atoms with van der Waals surface area (Å²) in [5.74, 6) is 1.86. The minimum Gasteiger partial charge on any atom is -0.487 e. The van der Waals surface area contributed by atoms with Gasteiger partial charge in [0.25, 0.3) is 0 Å². The third kappa shape index (κ3) is 3.54. The third-order valence-electron chi connectivity index (χ3n) is 7.63. The SMILES string of the molecule is Cc1nccn1CCN1CCC2(CC1)COC1c3cc(F)ccc3OC(C)(C)C1C2. The molecule has 2 fully saturated rings. The predicted molar refractivity (Wildman–Crippen MR) is 113 cm³/mol. The number of likely N-dealkylation sites (tertiary alicyclic amines) is 1. The van der Waals surface area contributed by atoms with Gasteiger partial charge in [-0.3, -0.25) is 0 Å². The second-order valence-corrected chi connectivity index (χ2v) is 9.94. The van der Waals surface area contributed by atoms with Crippen molar-refractivity contribution in [2.45, 2.75) is 58.3 Å². The number of aromatic nitrogens is 2. The maximum atomic E-state index is 13.9. The van der Waals surface area contributed by atoms with Crippen LogP contribution in [-0.4, -0.2) is 46.3 Å². The van der Waals surface area contributed by atoms with Gasteiger partial charge in [0, 0.05) is 37.0 Å². The Bertz CT molecular complexity index is 917. The van der Waals surface area contributed by atoms with Gasteiger partial charge in [-0.25, -0.2) is 9.37 Å². The summed E-state index contributed by atoms with van der Waals surface area (Å²) >= 11 is 0. The second kappa shape index (κ2) is 7.34. The Morgan fingerprint density at radius 2 is 2.00 bits per heavy atom. The van der Waals surface area contributed by atoms with E-state index in [0.29, 0.717) is 0 Å². The van der Waals surface area contributed by atoms with Gasteiger partial charge in [-0.2, -0.15) is 0 Å². The molecule has 2 atom stereocenters. The molecule has 0 radical (unpaired) electrons. The van der Waals surface area contributed by atoms with E-state index in [2.05, 4.69) is 41.4 Å². The zero-order chi connectivity index (χ0) is 20.9. The van der Waals surface area contributed by atoms with E-state index in [4.69, 9.17) is 9.47 Å². The molecule has 5 rings (SSSR count). The van der Waals surface area contributed by atoms with E-state index in [1.165, 1.54) is 6.07 Å². The fourth-order valence-corrected chi connectivity index (χ4v) is 5.61. The van der Waals surface area contributed by atoms with Crippen molar-refractivity contribution in [2.24, 2.45) is 11.3 Å². The van der Waals surface area contributed by atoms with Crippen LogP contribution < -0.4 is 4.74 Å². The van der Waals surface area contributed by atoms with Gasteiger partial charge in [-0.1, -0.05) is 0 Å². The van der Waals surface area contributed by atoms with Crippen LogP contribution in [-0.2, 0) is 11.3 Å². The first kappa shape index (κ1) is 20.0. The highest BCUT2D eigenvalue weighted by Crippen LogP contribution is 2.55. The number of halogens is 1. The van der Waals surface area contributed by atoms with Crippen molar-refractivity contribution in [3.8, 4) is 5.75 Å². The highest BCUT2D eigenvalue weighted by Gasteiger charge is 2.52. The smallest absolute Gasteiger partial charge is 0.126 e. The minimum absolute atomic E-state index is 0.0766. The van der Waals surface area contributed by atoms with Crippen LogP contribution in [0, 0.1) is 24.1 Å². The molecular formula is C24H32FN3O2. The lowest BCUT2D eigenvalue weighted by Crippen LogP contribution is -2.54. The van der Waals surface area contributed by atoms with E-state index in [1.54, 1.807) is 12.1 Å². The topological polar surface area (TPSA) is 39.5 Å². The van der Waals surface area contributed by atoms with Gasteiger partial charge in [0.05, 0.1) is 12.7 Å². The molecule has 6 heteroatoms. The Morgan fingerprint density at radius 1 is 1.20 bits per heavy atom. The fourth-order valence-electron chi connectivity index (χ4n) is 5.61. The molecule has 1 spiro atoms. The molecule has 3 aliphatic rings. The summed E-state index contributed by atoms with van der Waals surface area (Å²) in [5.41, 5.74) is 0.759. The number of rotatable bonds is 3. The van der Waals surface area contributed by atoms with Gasteiger partial charge < -0.3 is 18.9 Å². The van der Waals surface area contributed by atoms with Crippen molar-refractivity contribution in [2.75, 3.05) is 26.2 Å². The fraction of sp³-hybridized carbons (Fsp3) is 0.625. The van der Waals surface area contributed by atoms with Gasteiger partial charge in [0.2, 0.25) is 0 Å². The number of fused-ring (bicyclic) bond motifs is 3. The van der Waals surface area contributed by atoms with Crippen molar-refractivity contribution in [1.82, 2.24) is 14.5 Å². The normalized spacial score (nSPS) is 27.3.